The van der Waals surface area contributed by atoms with Gasteiger partial charge in [0.25, 0.3) is 0 Å². The molecule has 3 nitrogen and oxygen atoms in total. The van der Waals surface area contributed by atoms with Gasteiger partial charge in [0, 0.05) is 25.5 Å². The molecule has 0 radical (unpaired) electrons. The molecule has 0 atom stereocenters. The van der Waals surface area contributed by atoms with Gasteiger partial charge in [-0.1, -0.05) is 24.3 Å². The Morgan fingerprint density at radius 2 is 2.07 bits per heavy atom. The number of benzene rings is 1. The average Bonchev–Trinajstić information content (AvgIpc) is 2.27. The van der Waals surface area contributed by atoms with Gasteiger partial charge in [0.2, 0.25) is 0 Å². The van der Waals surface area contributed by atoms with Crippen LogP contribution in [-0.4, -0.2) is 12.9 Å². The van der Waals surface area contributed by atoms with E-state index in [4.69, 9.17) is 10.00 Å². The maximum absolute atomic E-state index is 11.5. The van der Waals surface area contributed by atoms with Crippen molar-refractivity contribution < 1.29 is 9.53 Å². The SMILES string of the molecule is COCc1ccc(C(=O)CCC#N)cc1. The molecule has 3 heteroatoms. The number of ether oxygens (including phenoxy) is 1. The maximum atomic E-state index is 11.5. The van der Waals surface area contributed by atoms with E-state index in [2.05, 4.69) is 0 Å². The molecule has 0 fully saturated rings. The van der Waals surface area contributed by atoms with Gasteiger partial charge in [0.05, 0.1) is 12.7 Å². The molecule has 0 N–H and O–H groups in total. The summed E-state index contributed by atoms with van der Waals surface area (Å²) in [7, 11) is 1.63. The molecule has 0 aromatic heterocycles. The summed E-state index contributed by atoms with van der Waals surface area (Å²) < 4.78 is 4.97. The third-order valence-corrected chi connectivity index (χ3v) is 2.05. The van der Waals surface area contributed by atoms with Gasteiger partial charge in [-0.05, 0) is 5.56 Å². The van der Waals surface area contributed by atoms with E-state index in [-0.39, 0.29) is 12.2 Å². The Kier molecular flexibility index (Phi) is 4.52. The van der Waals surface area contributed by atoms with Crippen molar-refractivity contribution in [2.24, 2.45) is 0 Å². The van der Waals surface area contributed by atoms with Crippen LogP contribution in [0.5, 0.6) is 0 Å². The fraction of sp³-hybridized carbons (Fsp3) is 0.333. The Morgan fingerprint density at radius 1 is 1.40 bits per heavy atom. The summed E-state index contributed by atoms with van der Waals surface area (Å²) in [6.45, 7) is 0.548. The molecule has 0 saturated carbocycles. The van der Waals surface area contributed by atoms with E-state index in [1.165, 1.54) is 0 Å². The first-order valence-electron chi connectivity index (χ1n) is 4.76. The second-order valence-corrected chi connectivity index (χ2v) is 3.21. The van der Waals surface area contributed by atoms with Gasteiger partial charge in [0.15, 0.2) is 5.78 Å². The van der Waals surface area contributed by atoms with Crippen molar-refractivity contribution in [3.8, 4) is 6.07 Å². The molecule has 15 heavy (non-hydrogen) atoms. The lowest BCUT2D eigenvalue weighted by atomic mass is 10.1. The number of hydrogen-bond donors (Lipinski definition) is 0. The van der Waals surface area contributed by atoms with Gasteiger partial charge in [-0.3, -0.25) is 4.79 Å². The summed E-state index contributed by atoms with van der Waals surface area (Å²) >= 11 is 0. The third-order valence-electron chi connectivity index (χ3n) is 2.05. The van der Waals surface area contributed by atoms with Crippen molar-refractivity contribution >= 4 is 5.78 Å². The lowest BCUT2D eigenvalue weighted by molar-refractivity contribution is 0.0984. The second kappa shape index (κ2) is 5.94. The first-order chi connectivity index (χ1) is 7.27. The maximum Gasteiger partial charge on any atom is 0.163 e. The van der Waals surface area contributed by atoms with Crippen LogP contribution < -0.4 is 0 Å². The molecule has 0 unspecified atom stereocenters. The van der Waals surface area contributed by atoms with Gasteiger partial charge >= 0.3 is 0 Å². The quantitative estimate of drug-likeness (QED) is 0.690. The Labute approximate surface area is 89.3 Å². The fourth-order valence-corrected chi connectivity index (χ4v) is 1.27. The smallest absolute Gasteiger partial charge is 0.163 e. The van der Waals surface area contributed by atoms with Crippen LogP contribution in [0.4, 0.5) is 0 Å². The average molecular weight is 203 g/mol. The number of carbonyl (C=O) groups excluding carboxylic acids is 1. The molecule has 0 aliphatic heterocycles. The van der Waals surface area contributed by atoms with Crippen LogP contribution in [0.3, 0.4) is 0 Å². The van der Waals surface area contributed by atoms with E-state index in [0.717, 1.165) is 5.56 Å². The zero-order valence-corrected chi connectivity index (χ0v) is 8.69. The predicted molar refractivity (Wildman–Crippen MR) is 56.3 cm³/mol. The van der Waals surface area contributed by atoms with Crippen LogP contribution >= 0.6 is 0 Å². The van der Waals surface area contributed by atoms with Crippen LogP contribution in [0, 0.1) is 11.3 Å². The van der Waals surface area contributed by atoms with Crippen molar-refractivity contribution in [1.82, 2.24) is 0 Å². The number of nitriles is 1. The van der Waals surface area contributed by atoms with E-state index in [1.807, 2.05) is 18.2 Å². The van der Waals surface area contributed by atoms with Gasteiger partial charge in [0.1, 0.15) is 0 Å². The van der Waals surface area contributed by atoms with Crippen LogP contribution in [0.15, 0.2) is 24.3 Å². The molecular weight excluding hydrogens is 190 g/mol. The molecule has 0 heterocycles. The molecular formula is C12H13NO2. The molecule has 0 bridgehead atoms. The Bertz CT molecular complexity index is 362. The normalized spacial score (nSPS) is 9.60. The van der Waals surface area contributed by atoms with E-state index in [1.54, 1.807) is 19.2 Å². The fourth-order valence-electron chi connectivity index (χ4n) is 1.27. The molecule has 78 valence electrons. The zero-order chi connectivity index (χ0) is 11.1. The second-order valence-electron chi connectivity index (χ2n) is 3.21. The van der Waals surface area contributed by atoms with Gasteiger partial charge in [-0.15, -0.1) is 0 Å². The highest BCUT2D eigenvalue weighted by molar-refractivity contribution is 5.96. The van der Waals surface area contributed by atoms with E-state index < -0.39 is 0 Å². The molecule has 1 aromatic rings. The van der Waals surface area contributed by atoms with Gasteiger partial charge < -0.3 is 4.74 Å². The number of Topliss-reactive ketones (excluding diaryl/α,β-unsaturated/α-hetero) is 1. The predicted octanol–water partition coefficient (Wildman–Crippen LogP) is 2.32. The Balaban J connectivity index is 2.63. The molecule has 0 aliphatic carbocycles. The highest BCUT2D eigenvalue weighted by atomic mass is 16.5. The first kappa shape index (κ1) is 11.4. The molecule has 1 rings (SSSR count). The van der Waals surface area contributed by atoms with Gasteiger partial charge in [-0.2, -0.15) is 5.26 Å². The van der Waals surface area contributed by atoms with Crippen molar-refractivity contribution in [1.29, 1.82) is 5.26 Å². The topological polar surface area (TPSA) is 50.1 Å². The molecule has 0 aliphatic rings. The number of methoxy groups -OCH3 is 1. The number of hydrogen-bond acceptors (Lipinski definition) is 3. The lowest BCUT2D eigenvalue weighted by Gasteiger charge is -2.01. The minimum atomic E-state index is 0.0144. The summed E-state index contributed by atoms with van der Waals surface area (Å²) in [4.78, 5) is 11.5. The molecule has 0 amide bonds. The van der Waals surface area contributed by atoms with Crippen LogP contribution in [0.1, 0.15) is 28.8 Å². The highest BCUT2D eigenvalue weighted by Gasteiger charge is 2.04. The summed E-state index contributed by atoms with van der Waals surface area (Å²) in [6.07, 6.45) is 0.568. The number of nitrogens with zero attached hydrogens (tertiary/aromatic N) is 1. The van der Waals surface area contributed by atoms with Crippen LogP contribution in [0.25, 0.3) is 0 Å². The minimum Gasteiger partial charge on any atom is -0.380 e. The summed E-state index contributed by atoms with van der Waals surface area (Å²) in [5.41, 5.74) is 1.69. The Hall–Kier alpha value is -1.66. The van der Waals surface area contributed by atoms with Crippen molar-refractivity contribution in [2.45, 2.75) is 19.4 Å². The Morgan fingerprint density at radius 3 is 2.60 bits per heavy atom. The van der Waals surface area contributed by atoms with Crippen LogP contribution in [0.2, 0.25) is 0 Å². The van der Waals surface area contributed by atoms with E-state index in [9.17, 15) is 4.79 Å². The van der Waals surface area contributed by atoms with Crippen molar-refractivity contribution in [2.75, 3.05) is 7.11 Å². The third kappa shape index (κ3) is 3.53. The summed E-state index contributed by atoms with van der Waals surface area (Å²) in [5.74, 6) is 0.0144. The monoisotopic (exact) mass is 203 g/mol. The zero-order valence-electron chi connectivity index (χ0n) is 8.69. The first-order valence-corrected chi connectivity index (χ1v) is 4.76. The number of carbonyl (C=O) groups is 1. The van der Waals surface area contributed by atoms with Crippen molar-refractivity contribution in [3.63, 3.8) is 0 Å². The van der Waals surface area contributed by atoms with E-state index in [0.29, 0.717) is 18.6 Å². The summed E-state index contributed by atoms with van der Waals surface area (Å²) in [6, 6.07) is 9.23. The highest BCUT2D eigenvalue weighted by Crippen LogP contribution is 2.08. The molecule has 0 spiro atoms. The minimum absolute atomic E-state index is 0.0144. The largest absolute Gasteiger partial charge is 0.380 e. The van der Waals surface area contributed by atoms with E-state index >= 15 is 0 Å². The standard InChI is InChI=1S/C12H13NO2/c1-15-9-10-4-6-11(7-5-10)12(14)3-2-8-13/h4-7H,2-3,9H2,1H3. The molecule has 0 saturated heterocycles. The summed E-state index contributed by atoms with van der Waals surface area (Å²) in [5, 5.41) is 8.36. The van der Waals surface area contributed by atoms with Gasteiger partial charge in [-0.25, -0.2) is 0 Å². The van der Waals surface area contributed by atoms with Crippen LogP contribution in [-0.2, 0) is 11.3 Å². The lowest BCUT2D eigenvalue weighted by Crippen LogP contribution is -1.98. The number of rotatable bonds is 5. The number of ketones is 1. The molecule has 1 aromatic carbocycles. The van der Waals surface area contributed by atoms with Crippen molar-refractivity contribution in [3.05, 3.63) is 35.4 Å².